The number of amides is 3. The quantitative estimate of drug-likeness (QED) is 0.276. The van der Waals surface area contributed by atoms with Crippen LogP contribution >= 0.6 is 0 Å². The van der Waals surface area contributed by atoms with Crippen LogP contribution in [0.2, 0.25) is 0 Å². The summed E-state index contributed by atoms with van der Waals surface area (Å²) in [6, 6.07) is 17.2. The van der Waals surface area contributed by atoms with E-state index in [1.165, 1.54) is 35.2 Å². The number of rotatable bonds is 6. The molecule has 0 bridgehead atoms. The van der Waals surface area contributed by atoms with Crippen LogP contribution in [0.1, 0.15) is 58.4 Å². The van der Waals surface area contributed by atoms with Gasteiger partial charge >= 0.3 is 6.18 Å². The largest absolute Gasteiger partial charge is 0.416 e. The molecular formula is C33H27F4N5O3. The maximum absolute atomic E-state index is 14.3. The van der Waals surface area contributed by atoms with Gasteiger partial charge in [-0.2, -0.15) is 18.3 Å². The highest BCUT2D eigenvalue weighted by molar-refractivity contribution is 6.06. The number of hydrogen-bond donors (Lipinski definition) is 2. The Morgan fingerprint density at radius 3 is 2.40 bits per heavy atom. The number of benzene rings is 3. The Bertz CT molecular complexity index is 1820. The van der Waals surface area contributed by atoms with Crippen molar-refractivity contribution < 1.29 is 31.9 Å². The lowest BCUT2D eigenvalue weighted by molar-refractivity contribution is -0.137. The summed E-state index contributed by atoms with van der Waals surface area (Å²) in [7, 11) is 0. The molecule has 8 nitrogen and oxygen atoms in total. The molecule has 1 aromatic heterocycles. The molecule has 1 fully saturated rings. The van der Waals surface area contributed by atoms with Crippen molar-refractivity contribution in [1.82, 2.24) is 20.4 Å². The lowest BCUT2D eigenvalue weighted by Crippen LogP contribution is -2.55. The number of aromatic nitrogens is 2. The number of hydrogen-bond acceptors (Lipinski definition) is 4. The molecular weight excluding hydrogens is 590 g/mol. The number of allylic oxidation sites excluding steroid dienone is 1. The predicted molar refractivity (Wildman–Crippen MR) is 158 cm³/mol. The van der Waals surface area contributed by atoms with E-state index < -0.39 is 41.3 Å². The summed E-state index contributed by atoms with van der Waals surface area (Å²) in [5, 5.41) is 10.4. The lowest BCUT2D eigenvalue weighted by atomic mass is 9.80. The van der Waals surface area contributed by atoms with Crippen molar-refractivity contribution in [3.8, 4) is 5.69 Å². The lowest BCUT2D eigenvalue weighted by Gasteiger charge is -2.38. The highest BCUT2D eigenvalue weighted by atomic mass is 19.4. The maximum atomic E-state index is 14.3. The minimum atomic E-state index is -4.68. The van der Waals surface area contributed by atoms with Crippen LogP contribution in [0.3, 0.4) is 0 Å². The van der Waals surface area contributed by atoms with Crippen molar-refractivity contribution >= 4 is 29.6 Å². The van der Waals surface area contributed by atoms with Gasteiger partial charge in [0, 0.05) is 35.7 Å². The normalized spacial score (nSPS) is 19.0. The molecule has 2 atom stereocenters. The fourth-order valence-corrected chi connectivity index (χ4v) is 5.80. The van der Waals surface area contributed by atoms with Crippen molar-refractivity contribution in [3.05, 3.63) is 118 Å². The number of carbonyl (C=O) groups is 3. The minimum absolute atomic E-state index is 0.149. The molecule has 0 unspecified atom stereocenters. The van der Waals surface area contributed by atoms with Crippen LogP contribution in [-0.4, -0.2) is 40.1 Å². The summed E-state index contributed by atoms with van der Waals surface area (Å²) in [5.74, 6) is -2.58. The van der Waals surface area contributed by atoms with Gasteiger partial charge in [0.15, 0.2) is 0 Å². The van der Waals surface area contributed by atoms with Gasteiger partial charge in [-0.25, -0.2) is 9.07 Å². The van der Waals surface area contributed by atoms with E-state index in [0.29, 0.717) is 46.9 Å². The SMILES string of the molecule is CCN1C(=O)[C@@H](NC(=O)c2cccc(C(F)(F)F)c2)[C@@H](c2ccc(F)cc2)c2c(/C=C3/CCC(=O)N3)nn(-c3ccccc3)c21. The number of para-hydroxylation sites is 1. The second kappa shape index (κ2) is 11.7. The molecule has 12 heteroatoms. The fourth-order valence-electron chi connectivity index (χ4n) is 5.80. The van der Waals surface area contributed by atoms with E-state index in [0.717, 1.165) is 18.2 Å². The second-order valence-corrected chi connectivity index (χ2v) is 10.7. The Kier molecular flexibility index (Phi) is 7.73. The molecule has 2 aliphatic rings. The molecule has 2 N–H and O–H groups in total. The van der Waals surface area contributed by atoms with E-state index in [1.54, 1.807) is 17.7 Å². The number of halogens is 4. The van der Waals surface area contributed by atoms with E-state index >= 15 is 0 Å². The maximum Gasteiger partial charge on any atom is 0.416 e. The Balaban J connectivity index is 1.55. The number of nitrogens with one attached hydrogen (secondary N) is 2. The third-order valence-corrected chi connectivity index (χ3v) is 7.87. The standard InChI is InChI=1S/C33H27F4N5O3/c1-2-41-31-28(25(18-23-15-16-26(43)38-23)40-42(31)24-9-4-3-5-10-24)27(19-11-13-22(34)14-12-19)29(32(41)45)39-30(44)20-7-6-8-21(17-20)33(35,36)37/h3-14,17-18,27,29H,2,15-16H2,1H3,(H,38,43)(H,39,44)/b23-18-/t27-,29-/m0/s1. The molecule has 45 heavy (non-hydrogen) atoms. The summed E-state index contributed by atoms with van der Waals surface area (Å²) >= 11 is 0. The molecule has 0 spiro atoms. The number of fused-ring (bicyclic) bond motifs is 1. The number of carbonyl (C=O) groups excluding carboxylic acids is 3. The smallest absolute Gasteiger partial charge is 0.339 e. The number of anilines is 1. The summed E-state index contributed by atoms with van der Waals surface area (Å²) in [6.45, 7) is 1.92. The van der Waals surface area contributed by atoms with Crippen molar-refractivity contribution in [2.75, 3.05) is 11.4 Å². The Morgan fingerprint density at radius 2 is 1.76 bits per heavy atom. The van der Waals surface area contributed by atoms with Gasteiger partial charge < -0.3 is 10.6 Å². The second-order valence-electron chi connectivity index (χ2n) is 10.7. The molecule has 1 saturated heterocycles. The first kappa shape index (κ1) is 29.8. The third kappa shape index (κ3) is 5.70. The van der Waals surface area contributed by atoms with Crippen LogP contribution in [0, 0.1) is 5.82 Å². The summed E-state index contributed by atoms with van der Waals surface area (Å²) in [5.41, 5.74) is 1.38. The predicted octanol–water partition coefficient (Wildman–Crippen LogP) is 5.58. The fraction of sp³-hybridized carbons (Fsp3) is 0.212. The first-order chi connectivity index (χ1) is 21.5. The Hall–Kier alpha value is -5.26. The Morgan fingerprint density at radius 1 is 1.02 bits per heavy atom. The van der Waals surface area contributed by atoms with Gasteiger partial charge in [0.2, 0.25) is 5.91 Å². The van der Waals surface area contributed by atoms with Gasteiger partial charge in [-0.05, 0) is 67.4 Å². The zero-order valence-corrected chi connectivity index (χ0v) is 23.9. The molecule has 0 saturated carbocycles. The van der Waals surface area contributed by atoms with Crippen LogP contribution < -0.4 is 15.5 Å². The number of likely N-dealkylation sites (N-methyl/N-ethyl adjacent to an activating group) is 1. The van der Waals surface area contributed by atoms with Crippen molar-refractivity contribution in [3.63, 3.8) is 0 Å². The first-order valence-corrected chi connectivity index (χ1v) is 14.3. The summed E-state index contributed by atoms with van der Waals surface area (Å²) in [6.07, 6.45) is -2.22. The van der Waals surface area contributed by atoms with Crippen LogP contribution in [0.4, 0.5) is 23.4 Å². The van der Waals surface area contributed by atoms with Crippen LogP contribution in [0.25, 0.3) is 11.8 Å². The van der Waals surface area contributed by atoms with E-state index in [1.807, 2.05) is 30.3 Å². The molecule has 0 radical (unpaired) electrons. The first-order valence-electron chi connectivity index (χ1n) is 14.3. The monoisotopic (exact) mass is 617 g/mol. The molecule has 2 aliphatic heterocycles. The molecule has 4 aromatic rings. The van der Waals surface area contributed by atoms with E-state index in [2.05, 4.69) is 10.6 Å². The van der Waals surface area contributed by atoms with Gasteiger partial charge in [0.05, 0.1) is 16.9 Å². The molecule has 3 aromatic carbocycles. The highest BCUT2D eigenvalue weighted by Crippen LogP contribution is 2.44. The van der Waals surface area contributed by atoms with Crippen LogP contribution in [0.15, 0.2) is 84.6 Å². The van der Waals surface area contributed by atoms with Crippen LogP contribution in [-0.2, 0) is 15.8 Å². The van der Waals surface area contributed by atoms with Gasteiger partial charge in [-0.3, -0.25) is 19.3 Å². The summed E-state index contributed by atoms with van der Waals surface area (Å²) < 4.78 is 56.1. The molecule has 3 heterocycles. The van der Waals surface area contributed by atoms with Crippen molar-refractivity contribution in [2.45, 2.75) is 37.9 Å². The number of nitrogens with zero attached hydrogens (tertiary/aromatic N) is 3. The average molecular weight is 618 g/mol. The van der Waals surface area contributed by atoms with E-state index in [-0.39, 0.29) is 18.0 Å². The molecule has 3 amide bonds. The van der Waals surface area contributed by atoms with E-state index in [9.17, 15) is 31.9 Å². The zero-order valence-electron chi connectivity index (χ0n) is 23.9. The molecule has 230 valence electrons. The number of alkyl halides is 3. The minimum Gasteiger partial charge on any atom is -0.339 e. The Labute approximate surface area is 255 Å². The van der Waals surface area contributed by atoms with Crippen LogP contribution in [0.5, 0.6) is 0 Å². The average Bonchev–Trinajstić information content (AvgIpc) is 3.61. The van der Waals surface area contributed by atoms with Gasteiger partial charge in [-0.15, -0.1) is 0 Å². The third-order valence-electron chi connectivity index (χ3n) is 7.87. The van der Waals surface area contributed by atoms with Crippen molar-refractivity contribution in [2.24, 2.45) is 0 Å². The zero-order chi connectivity index (χ0) is 31.9. The van der Waals surface area contributed by atoms with Gasteiger partial charge in [0.25, 0.3) is 11.8 Å². The molecule has 6 rings (SSSR count). The summed E-state index contributed by atoms with van der Waals surface area (Å²) in [4.78, 5) is 41.3. The molecule has 0 aliphatic carbocycles. The van der Waals surface area contributed by atoms with Gasteiger partial charge in [-0.1, -0.05) is 36.4 Å². The van der Waals surface area contributed by atoms with Crippen molar-refractivity contribution in [1.29, 1.82) is 0 Å². The highest BCUT2D eigenvalue weighted by Gasteiger charge is 2.46. The van der Waals surface area contributed by atoms with E-state index in [4.69, 9.17) is 5.10 Å². The van der Waals surface area contributed by atoms with Gasteiger partial charge in [0.1, 0.15) is 17.7 Å². The topological polar surface area (TPSA) is 96.3 Å².